The van der Waals surface area contributed by atoms with Gasteiger partial charge in [0.2, 0.25) is 5.91 Å². The van der Waals surface area contributed by atoms with Crippen LogP contribution in [0.5, 0.6) is 0 Å². The third-order valence-corrected chi connectivity index (χ3v) is 4.71. The van der Waals surface area contributed by atoms with E-state index in [1.165, 1.54) is 0 Å². The molecule has 2 aliphatic rings. The van der Waals surface area contributed by atoms with Crippen molar-refractivity contribution in [3.05, 3.63) is 0 Å². The van der Waals surface area contributed by atoms with E-state index in [-0.39, 0.29) is 17.9 Å². The third-order valence-electron chi connectivity index (χ3n) is 4.71. The summed E-state index contributed by atoms with van der Waals surface area (Å²) in [6.45, 7) is 5.47. The van der Waals surface area contributed by atoms with Crippen LogP contribution in [0.2, 0.25) is 0 Å². The summed E-state index contributed by atoms with van der Waals surface area (Å²) in [6.07, 6.45) is 3.45. The van der Waals surface area contributed by atoms with Gasteiger partial charge in [-0.3, -0.25) is 24.6 Å². The van der Waals surface area contributed by atoms with Crippen molar-refractivity contribution in [2.24, 2.45) is 11.8 Å². The molecule has 144 valence electrons. The molecule has 0 aromatic rings. The molecule has 0 radical (unpaired) electrons. The van der Waals surface area contributed by atoms with Gasteiger partial charge < -0.3 is 5.32 Å². The Hall–Kier alpha value is -2.45. The van der Waals surface area contributed by atoms with Crippen molar-refractivity contribution in [1.82, 2.24) is 20.4 Å². The molecule has 0 unspecified atom stereocenters. The summed E-state index contributed by atoms with van der Waals surface area (Å²) in [4.78, 5) is 62.1. The summed E-state index contributed by atoms with van der Waals surface area (Å²) in [5, 5.41) is 4.56. The van der Waals surface area contributed by atoms with Crippen molar-refractivity contribution in [3.8, 4) is 0 Å². The average Bonchev–Trinajstić information content (AvgIpc) is 2.77. The Morgan fingerprint density at radius 1 is 1.12 bits per heavy atom. The number of rotatable bonds is 5. The molecule has 0 aromatic heterocycles. The lowest BCUT2D eigenvalue weighted by atomic mass is 9.85. The fourth-order valence-electron chi connectivity index (χ4n) is 3.29. The predicted molar refractivity (Wildman–Crippen MR) is 91.8 cm³/mol. The van der Waals surface area contributed by atoms with Crippen molar-refractivity contribution in [2.75, 3.05) is 13.1 Å². The summed E-state index contributed by atoms with van der Waals surface area (Å²) in [7, 11) is 0. The monoisotopic (exact) mass is 366 g/mol. The standard InChI is InChI=1S/C17H26N4O5/c1-10(2)8-18-16(25)19-13(22)9-20-14(23)15(24)21(17(20)26)12-7-5-4-6-11(12)3/h10-12H,4-9H2,1-3H3,(H2,18,19,22,25)/t11-,12+/m0/s1. The predicted octanol–water partition coefficient (Wildman–Crippen LogP) is 0.838. The third kappa shape index (κ3) is 4.39. The van der Waals surface area contributed by atoms with E-state index >= 15 is 0 Å². The summed E-state index contributed by atoms with van der Waals surface area (Å²) in [6, 6.07) is -1.81. The van der Waals surface area contributed by atoms with Gasteiger partial charge in [-0.05, 0) is 24.7 Å². The second kappa shape index (κ2) is 8.29. The molecule has 0 spiro atoms. The molecule has 2 rings (SSSR count). The lowest BCUT2D eigenvalue weighted by molar-refractivity contribution is -0.145. The highest BCUT2D eigenvalue weighted by Crippen LogP contribution is 2.31. The van der Waals surface area contributed by atoms with Crippen LogP contribution in [0.4, 0.5) is 9.59 Å². The van der Waals surface area contributed by atoms with Crippen LogP contribution in [0, 0.1) is 11.8 Å². The number of nitrogens with one attached hydrogen (secondary N) is 2. The van der Waals surface area contributed by atoms with Crippen molar-refractivity contribution in [2.45, 2.75) is 52.5 Å². The minimum Gasteiger partial charge on any atom is -0.338 e. The van der Waals surface area contributed by atoms with Crippen LogP contribution in [0.1, 0.15) is 46.5 Å². The molecule has 7 amide bonds. The molecule has 0 bridgehead atoms. The summed E-state index contributed by atoms with van der Waals surface area (Å²) < 4.78 is 0. The maximum Gasteiger partial charge on any atom is 0.334 e. The molecule has 2 N–H and O–H groups in total. The van der Waals surface area contributed by atoms with Gasteiger partial charge in [-0.15, -0.1) is 0 Å². The van der Waals surface area contributed by atoms with E-state index in [9.17, 15) is 24.0 Å². The van der Waals surface area contributed by atoms with Crippen LogP contribution in [-0.4, -0.2) is 58.7 Å². The minimum atomic E-state index is -1.02. The summed E-state index contributed by atoms with van der Waals surface area (Å²) in [5.74, 6) is -2.42. The molecular weight excluding hydrogens is 340 g/mol. The highest BCUT2D eigenvalue weighted by molar-refractivity contribution is 6.45. The zero-order valence-electron chi connectivity index (χ0n) is 15.4. The van der Waals surface area contributed by atoms with Gasteiger partial charge in [-0.1, -0.05) is 33.6 Å². The van der Waals surface area contributed by atoms with E-state index in [1.807, 2.05) is 20.8 Å². The van der Waals surface area contributed by atoms with Gasteiger partial charge in [0.05, 0.1) is 0 Å². The maximum absolute atomic E-state index is 12.5. The number of carbonyl (C=O) groups is 5. The Kier molecular flexibility index (Phi) is 6.33. The Morgan fingerprint density at radius 2 is 1.77 bits per heavy atom. The van der Waals surface area contributed by atoms with Crippen LogP contribution in [-0.2, 0) is 14.4 Å². The number of imide groups is 3. The van der Waals surface area contributed by atoms with Crippen LogP contribution < -0.4 is 10.6 Å². The fourth-order valence-corrected chi connectivity index (χ4v) is 3.29. The van der Waals surface area contributed by atoms with Crippen molar-refractivity contribution >= 4 is 29.8 Å². The van der Waals surface area contributed by atoms with Gasteiger partial charge in [0.1, 0.15) is 6.54 Å². The minimum absolute atomic E-state index is 0.111. The van der Waals surface area contributed by atoms with E-state index in [0.29, 0.717) is 17.9 Å². The van der Waals surface area contributed by atoms with E-state index in [2.05, 4.69) is 10.6 Å². The van der Waals surface area contributed by atoms with Crippen LogP contribution in [0.25, 0.3) is 0 Å². The topological polar surface area (TPSA) is 116 Å². The summed E-state index contributed by atoms with van der Waals surface area (Å²) in [5.41, 5.74) is 0. The quantitative estimate of drug-likeness (QED) is 0.552. The zero-order chi connectivity index (χ0) is 19.4. The van der Waals surface area contributed by atoms with Gasteiger partial charge in [0.15, 0.2) is 0 Å². The van der Waals surface area contributed by atoms with Gasteiger partial charge in [-0.25, -0.2) is 14.5 Å². The second-order valence-electron chi connectivity index (χ2n) is 7.33. The molecule has 2 atom stereocenters. The summed E-state index contributed by atoms with van der Waals surface area (Å²) >= 11 is 0. The Balaban J connectivity index is 1.98. The highest BCUT2D eigenvalue weighted by Gasteiger charge is 2.49. The van der Waals surface area contributed by atoms with E-state index in [1.54, 1.807) is 0 Å². The van der Waals surface area contributed by atoms with Crippen LogP contribution >= 0.6 is 0 Å². The molecule has 0 aromatic carbocycles. The number of hydrogen-bond donors (Lipinski definition) is 2. The SMILES string of the molecule is CC(C)CNC(=O)NC(=O)CN1C(=O)C(=O)N([C@@H]2CCCC[C@@H]2C)C1=O. The highest BCUT2D eigenvalue weighted by atomic mass is 16.2. The largest absolute Gasteiger partial charge is 0.338 e. The van der Waals surface area contributed by atoms with Crippen molar-refractivity contribution in [1.29, 1.82) is 0 Å². The lowest BCUT2D eigenvalue weighted by Crippen LogP contribution is -2.48. The molecule has 9 nitrogen and oxygen atoms in total. The molecule has 9 heteroatoms. The van der Waals surface area contributed by atoms with E-state index < -0.39 is 36.3 Å². The van der Waals surface area contributed by atoms with Crippen molar-refractivity contribution in [3.63, 3.8) is 0 Å². The zero-order valence-corrected chi connectivity index (χ0v) is 15.4. The molecule has 1 heterocycles. The number of nitrogens with zero attached hydrogens (tertiary/aromatic N) is 2. The molecule has 1 aliphatic heterocycles. The molecular formula is C17H26N4O5. The van der Waals surface area contributed by atoms with Gasteiger partial charge in [0, 0.05) is 12.6 Å². The number of amides is 7. The average molecular weight is 366 g/mol. The lowest BCUT2D eigenvalue weighted by Gasteiger charge is -2.34. The Labute approximate surface area is 152 Å². The first kappa shape index (κ1) is 19.9. The number of carbonyl (C=O) groups excluding carboxylic acids is 5. The first-order valence-corrected chi connectivity index (χ1v) is 8.99. The normalized spacial score (nSPS) is 23.6. The van der Waals surface area contributed by atoms with Gasteiger partial charge in [0.25, 0.3) is 0 Å². The molecule has 1 aliphatic carbocycles. The van der Waals surface area contributed by atoms with E-state index in [4.69, 9.17) is 0 Å². The first-order valence-electron chi connectivity index (χ1n) is 8.99. The number of hydrogen-bond acceptors (Lipinski definition) is 5. The Bertz CT molecular complexity index is 618. The molecule has 2 fully saturated rings. The fraction of sp³-hybridized carbons (Fsp3) is 0.706. The molecule has 1 saturated carbocycles. The van der Waals surface area contributed by atoms with Crippen LogP contribution in [0.3, 0.4) is 0 Å². The molecule has 1 saturated heterocycles. The first-order chi connectivity index (χ1) is 12.2. The Morgan fingerprint density at radius 3 is 2.38 bits per heavy atom. The van der Waals surface area contributed by atoms with E-state index in [0.717, 1.165) is 24.2 Å². The van der Waals surface area contributed by atoms with Gasteiger partial charge in [-0.2, -0.15) is 0 Å². The smallest absolute Gasteiger partial charge is 0.334 e. The molecule has 26 heavy (non-hydrogen) atoms. The van der Waals surface area contributed by atoms with Crippen molar-refractivity contribution < 1.29 is 24.0 Å². The van der Waals surface area contributed by atoms with Crippen LogP contribution in [0.15, 0.2) is 0 Å². The van der Waals surface area contributed by atoms with Gasteiger partial charge >= 0.3 is 23.9 Å². The number of urea groups is 2. The maximum atomic E-state index is 12.5. The second-order valence-corrected chi connectivity index (χ2v) is 7.33.